The van der Waals surface area contributed by atoms with Crippen molar-refractivity contribution in [1.29, 1.82) is 10.8 Å². The summed E-state index contributed by atoms with van der Waals surface area (Å²) >= 11 is 0. The standard InChI is InChI=1S/C44H32N4/c45-43(46)37-13-5-11-33(23-37)41(34-12-6-14-38(24-34)44(47)48)42(35-17-15-31-19-27-7-1-3-9-29(27)21-39(31)25-35)36-18-16-32-20-28-8-2-4-10-30(28)22-40(32)26-36/h1-26H,(H3,45,46)(H3,47,48). The molecule has 0 saturated carbocycles. The summed E-state index contributed by atoms with van der Waals surface area (Å²) in [5.41, 5.74) is 19.2. The highest BCUT2D eigenvalue weighted by molar-refractivity contribution is 6.10. The molecule has 228 valence electrons. The molecular formula is C44H32N4. The zero-order valence-corrected chi connectivity index (χ0v) is 26.2. The number of nitrogen functional groups attached to an aromatic ring is 2. The molecule has 8 aromatic rings. The number of rotatable bonds is 6. The Labute approximate surface area is 278 Å². The number of hydrogen-bond donors (Lipinski definition) is 4. The van der Waals surface area contributed by atoms with Gasteiger partial charge >= 0.3 is 0 Å². The van der Waals surface area contributed by atoms with Gasteiger partial charge in [-0.05, 0) is 125 Å². The van der Waals surface area contributed by atoms with Gasteiger partial charge in [-0.15, -0.1) is 0 Å². The van der Waals surface area contributed by atoms with Gasteiger partial charge in [-0.1, -0.05) is 109 Å². The zero-order valence-electron chi connectivity index (χ0n) is 26.2. The van der Waals surface area contributed by atoms with E-state index in [2.05, 4.69) is 121 Å². The molecule has 0 spiro atoms. The summed E-state index contributed by atoms with van der Waals surface area (Å²) in [6, 6.07) is 54.9. The van der Waals surface area contributed by atoms with Crippen molar-refractivity contribution in [3.05, 3.63) is 191 Å². The number of nitrogens with two attached hydrogens (primary N) is 2. The van der Waals surface area contributed by atoms with E-state index in [1.807, 2.05) is 36.4 Å². The Morgan fingerprint density at radius 2 is 0.604 bits per heavy atom. The van der Waals surface area contributed by atoms with Crippen molar-refractivity contribution >= 4 is 65.9 Å². The first kappa shape index (κ1) is 28.9. The van der Waals surface area contributed by atoms with Crippen LogP contribution in [0.2, 0.25) is 0 Å². The van der Waals surface area contributed by atoms with Gasteiger partial charge in [-0.3, -0.25) is 10.8 Å². The lowest BCUT2D eigenvalue weighted by Crippen LogP contribution is -2.12. The van der Waals surface area contributed by atoms with Gasteiger partial charge in [0.25, 0.3) is 0 Å². The number of fused-ring (bicyclic) bond motifs is 4. The molecule has 0 radical (unpaired) electrons. The largest absolute Gasteiger partial charge is 0.384 e. The van der Waals surface area contributed by atoms with E-state index in [1.54, 1.807) is 0 Å². The summed E-state index contributed by atoms with van der Waals surface area (Å²) in [5, 5.41) is 25.9. The van der Waals surface area contributed by atoms with Crippen molar-refractivity contribution in [3.63, 3.8) is 0 Å². The predicted molar refractivity (Wildman–Crippen MR) is 203 cm³/mol. The molecule has 0 aromatic heterocycles. The highest BCUT2D eigenvalue weighted by atomic mass is 14.7. The first-order valence-electron chi connectivity index (χ1n) is 15.9. The van der Waals surface area contributed by atoms with Gasteiger partial charge in [0.2, 0.25) is 0 Å². The Morgan fingerprint density at radius 1 is 0.292 bits per heavy atom. The topological polar surface area (TPSA) is 99.7 Å². The lowest BCUT2D eigenvalue weighted by molar-refractivity contribution is 1.40. The van der Waals surface area contributed by atoms with Gasteiger partial charge in [-0.25, -0.2) is 0 Å². The predicted octanol–water partition coefficient (Wildman–Crippen LogP) is 9.87. The molecule has 0 aliphatic carbocycles. The van der Waals surface area contributed by atoms with E-state index in [0.717, 1.165) is 44.2 Å². The first-order valence-corrected chi connectivity index (χ1v) is 15.9. The molecule has 0 unspecified atom stereocenters. The van der Waals surface area contributed by atoms with Crippen LogP contribution in [0.15, 0.2) is 158 Å². The summed E-state index contributed by atoms with van der Waals surface area (Å²) in [7, 11) is 0. The molecule has 48 heavy (non-hydrogen) atoms. The van der Waals surface area contributed by atoms with Gasteiger partial charge in [-0.2, -0.15) is 0 Å². The minimum atomic E-state index is 0.00500. The maximum absolute atomic E-state index is 8.23. The second kappa shape index (κ2) is 11.7. The summed E-state index contributed by atoms with van der Waals surface area (Å²) in [5.74, 6) is 0.0100. The van der Waals surface area contributed by atoms with Gasteiger partial charge in [0.1, 0.15) is 11.7 Å². The van der Waals surface area contributed by atoms with Crippen molar-refractivity contribution in [2.45, 2.75) is 0 Å². The fourth-order valence-electron chi connectivity index (χ4n) is 6.79. The average molecular weight is 617 g/mol. The maximum atomic E-state index is 8.23. The fourth-order valence-corrected chi connectivity index (χ4v) is 6.79. The SMILES string of the molecule is N=C(N)c1cccc(C(=C(c2ccc3cc4ccccc4cc3c2)c2ccc3cc4ccccc4cc3c2)c2cccc(C(=N)N)c2)c1. The molecule has 0 fully saturated rings. The molecule has 0 bridgehead atoms. The number of nitrogens with one attached hydrogen (secondary N) is 2. The minimum Gasteiger partial charge on any atom is -0.384 e. The lowest BCUT2D eigenvalue weighted by atomic mass is 9.83. The van der Waals surface area contributed by atoms with Gasteiger partial charge < -0.3 is 11.5 Å². The Morgan fingerprint density at radius 3 is 0.979 bits per heavy atom. The normalized spacial score (nSPS) is 11.2. The van der Waals surface area contributed by atoms with E-state index in [1.165, 1.54) is 32.3 Å². The van der Waals surface area contributed by atoms with Crippen molar-refractivity contribution in [3.8, 4) is 0 Å². The molecule has 0 atom stereocenters. The second-order valence-corrected chi connectivity index (χ2v) is 12.3. The van der Waals surface area contributed by atoms with Gasteiger partial charge in [0.15, 0.2) is 0 Å². The Hall–Kier alpha value is -6.52. The van der Waals surface area contributed by atoms with Gasteiger partial charge in [0, 0.05) is 11.1 Å². The number of benzene rings is 8. The van der Waals surface area contributed by atoms with Crippen LogP contribution >= 0.6 is 0 Å². The van der Waals surface area contributed by atoms with Crippen LogP contribution in [0.5, 0.6) is 0 Å². The summed E-state index contributed by atoms with van der Waals surface area (Å²) < 4.78 is 0. The van der Waals surface area contributed by atoms with Crippen molar-refractivity contribution in [2.75, 3.05) is 0 Å². The minimum absolute atomic E-state index is 0.00500. The number of amidine groups is 2. The molecule has 0 saturated heterocycles. The number of hydrogen-bond acceptors (Lipinski definition) is 2. The maximum Gasteiger partial charge on any atom is 0.122 e. The van der Waals surface area contributed by atoms with Crippen molar-refractivity contribution < 1.29 is 0 Å². The van der Waals surface area contributed by atoms with Crippen LogP contribution in [0.3, 0.4) is 0 Å². The molecule has 0 aliphatic rings. The average Bonchev–Trinajstić information content (AvgIpc) is 3.11. The zero-order chi connectivity index (χ0) is 32.8. The molecule has 8 aromatic carbocycles. The molecule has 0 aliphatic heterocycles. The Balaban J connectivity index is 1.49. The monoisotopic (exact) mass is 616 g/mol. The van der Waals surface area contributed by atoms with Crippen LogP contribution in [0.1, 0.15) is 33.4 Å². The van der Waals surface area contributed by atoms with E-state index in [-0.39, 0.29) is 11.7 Å². The molecule has 0 heterocycles. The quantitative estimate of drug-likeness (QED) is 0.0647. The Kier molecular flexibility index (Phi) is 7.04. The first-order chi connectivity index (χ1) is 23.4. The highest BCUT2D eigenvalue weighted by Crippen LogP contribution is 2.40. The van der Waals surface area contributed by atoms with E-state index in [9.17, 15) is 0 Å². The smallest absolute Gasteiger partial charge is 0.122 e. The van der Waals surface area contributed by atoms with Crippen LogP contribution in [0.25, 0.3) is 54.2 Å². The molecule has 4 heteroatoms. The molecule has 6 N–H and O–H groups in total. The molecule has 4 nitrogen and oxygen atoms in total. The molecular weight excluding hydrogens is 585 g/mol. The summed E-state index contributed by atoms with van der Waals surface area (Å²) in [4.78, 5) is 0. The second-order valence-electron chi connectivity index (χ2n) is 12.3. The van der Waals surface area contributed by atoms with Crippen molar-refractivity contribution in [2.24, 2.45) is 11.5 Å². The van der Waals surface area contributed by atoms with Crippen molar-refractivity contribution in [1.82, 2.24) is 0 Å². The van der Waals surface area contributed by atoms with Gasteiger partial charge in [0.05, 0.1) is 0 Å². The van der Waals surface area contributed by atoms with E-state index in [0.29, 0.717) is 11.1 Å². The van der Waals surface area contributed by atoms with Crippen LogP contribution in [-0.2, 0) is 0 Å². The van der Waals surface area contributed by atoms with Crippen LogP contribution in [-0.4, -0.2) is 11.7 Å². The third-order valence-corrected chi connectivity index (χ3v) is 9.16. The highest BCUT2D eigenvalue weighted by Gasteiger charge is 2.19. The van der Waals surface area contributed by atoms with E-state index >= 15 is 0 Å². The van der Waals surface area contributed by atoms with E-state index < -0.39 is 0 Å². The fraction of sp³-hybridized carbons (Fsp3) is 0. The third kappa shape index (κ3) is 5.25. The van der Waals surface area contributed by atoms with Crippen LogP contribution in [0.4, 0.5) is 0 Å². The molecule has 0 amide bonds. The lowest BCUT2D eigenvalue weighted by Gasteiger charge is -2.20. The van der Waals surface area contributed by atoms with Crippen LogP contribution < -0.4 is 11.5 Å². The Bertz CT molecular complexity index is 2450. The summed E-state index contributed by atoms with van der Waals surface area (Å²) in [6.07, 6.45) is 0. The van der Waals surface area contributed by atoms with Crippen LogP contribution in [0, 0.1) is 10.8 Å². The summed E-state index contributed by atoms with van der Waals surface area (Å²) in [6.45, 7) is 0. The third-order valence-electron chi connectivity index (χ3n) is 9.16. The molecule has 8 rings (SSSR count). The van der Waals surface area contributed by atoms with E-state index in [4.69, 9.17) is 22.3 Å².